The van der Waals surface area contributed by atoms with Crippen LogP contribution in [0.2, 0.25) is 0 Å². The fourth-order valence-corrected chi connectivity index (χ4v) is 2.84. The molecule has 0 bridgehead atoms. The molecule has 0 aliphatic heterocycles. The summed E-state index contributed by atoms with van der Waals surface area (Å²) in [5, 5.41) is 8.11. The van der Waals surface area contributed by atoms with Crippen molar-refractivity contribution in [1.29, 1.82) is 0 Å². The third kappa shape index (κ3) is 3.00. The van der Waals surface area contributed by atoms with Crippen molar-refractivity contribution in [2.24, 2.45) is 0 Å². The van der Waals surface area contributed by atoms with Gasteiger partial charge in [0, 0.05) is 18.0 Å². The summed E-state index contributed by atoms with van der Waals surface area (Å²) in [6.45, 7) is 7.01. The highest BCUT2D eigenvalue weighted by atomic mass is 19.1. The maximum atomic E-state index is 14.3. The standard InChI is InChI=1S/C18H19F2N5O/c1-17(2,3)26-16-12(19)5-10(7-22-16)13-9-25-14(8-21-13)23-24-15(25)11-6-18(11,4)20/h5,7-9,11H,6H2,1-4H3. The van der Waals surface area contributed by atoms with Crippen LogP contribution in [0.15, 0.2) is 24.7 Å². The second-order valence-corrected chi connectivity index (χ2v) is 7.82. The number of fused-ring (bicyclic) bond motifs is 1. The van der Waals surface area contributed by atoms with Crippen molar-refractivity contribution >= 4 is 5.65 Å². The molecular formula is C18H19F2N5O. The van der Waals surface area contributed by atoms with E-state index in [1.165, 1.54) is 18.5 Å². The Morgan fingerprint density at radius 3 is 2.58 bits per heavy atom. The number of nitrogens with zero attached hydrogens (tertiary/aromatic N) is 5. The van der Waals surface area contributed by atoms with Crippen LogP contribution in [-0.2, 0) is 0 Å². The quantitative estimate of drug-likeness (QED) is 0.713. The van der Waals surface area contributed by atoms with Gasteiger partial charge in [0.15, 0.2) is 11.5 Å². The summed E-state index contributed by atoms with van der Waals surface area (Å²) < 4.78 is 35.6. The molecule has 0 amide bonds. The molecular weight excluding hydrogens is 340 g/mol. The van der Waals surface area contributed by atoms with Crippen molar-refractivity contribution in [2.75, 3.05) is 0 Å². The van der Waals surface area contributed by atoms with Gasteiger partial charge in [0.05, 0.1) is 17.8 Å². The lowest BCUT2D eigenvalue weighted by Crippen LogP contribution is -2.24. The highest BCUT2D eigenvalue weighted by Crippen LogP contribution is 2.53. The molecule has 3 aromatic rings. The van der Waals surface area contributed by atoms with Crippen molar-refractivity contribution in [2.45, 2.75) is 51.3 Å². The van der Waals surface area contributed by atoms with Gasteiger partial charge >= 0.3 is 0 Å². The molecule has 3 aromatic heterocycles. The molecule has 1 fully saturated rings. The summed E-state index contributed by atoms with van der Waals surface area (Å²) in [6.07, 6.45) is 5.13. The Bertz CT molecular complexity index is 993. The number of pyridine rings is 1. The van der Waals surface area contributed by atoms with E-state index < -0.39 is 17.1 Å². The van der Waals surface area contributed by atoms with E-state index in [9.17, 15) is 8.78 Å². The van der Waals surface area contributed by atoms with Crippen LogP contribution in [-0.4, -0.2) is 35.8 Å². The number of ether oxygens (including phenoxy) is 1. The second-order valence-electron chi connectivity index (χ2n) is 7.82. The molecule has 0 N–H and O–H groups in total. The minimum absolute atomic E-state index is 0.0570. The summed E-state index contributed by atoms with van der Waals surface area (Å²) in [5.74, 6) is -0.361. The lowest BCUT2D eigenvalue weighted by molar-refractivity contribution is 0.117. The molecule has 1 aliphatic carbocycles. The summed E-state index contributed by atoms with van der Waals surface area (Å²) in [4.78, 5) is 8.35. The molecule has 1 aliphatic rings. The Balaban J connectivity index is 1.71. The van der Waals surface area contributed by atoms with Crippen molar-refractivity contribution in [3.05, 3.63) is 36.3 Å². The van der Waals surface area contributed by atoms with Crippen LogP contribution in [0.1, 0.15) is 45.9 Å². The number of aromatic nitrogens is 5. The van der Waals surface area contributed by atoms with Crippen LogP contribution >= 0.6 is 0 Å². The van der Waals surface area contributed by atoms with E-state index in [4.69, 9.17) is 4.74 Å². The number of alkyl halides is 1. The molecule has 0 radical (unpaired) electrons. The topological polar surface area (TPSA) is 65.2 Å². The van der Waals surface area contributed by atoms with Crippen LogP contribution in [0.4, 0.5) is 8.78 Å². The van der Waals surface area contributed by atoms with E-state index >= 15 is 0 Å². The lowest BCUT2D eigenvalue weighted by atomic mass is 10.2. The zero-order valence-corrected chi connectivity index (χ0v) is 15.0. The Morgan fingerprint density at radius 2 is 1.96 bits per heavy atom. The molecule has 1 saturated carbocycles. The van der Waals surface area contributed by atoms with E-state index in [2.05, 4.69) is 20.2 Å². The zero-order chi connectivity index (χ0) is 18.7. The first-order valence-electron chi connectivity index (χ1n) is 8.38. The van der Waals surface area contributed by atoms with E-state index in [-0.39, 0.29) is 11.8 Å². The summed E-state index contributed by atoms with van der Waals surface area (Å²) in [7, 11) is 0. The van der Waals surface area contributed by atoms with Gasteiger partial charge in [-0.3, -0.25) is 9.38 Å². The Morgan fingerprint density at radius 1 is 1.23 bits per heavy atom. The van der Waals surface area contributed by atoms with Crippen LogP contribution in [0.5, 0.6) is 5.88 Å². The summed E-state index contributed by atoms with van der Waals surface area (Å²) in [6, 6.07) is 1.32. The maximum Gasteiger partial charge on any atom is 0.250 e. The average molecular weight is 359 g/mol. The molecule has 2 unspecified atom stereocenters. The zero-order valence-electron chi connectivity index (χ0n) is 15.0. The van der Waals surface area contributed by atoms with Gasteiger partial charge in [0.2, 0.25) is 0 Å². The first-order chi connectivity index (χ1) is 12.1. The molecule has 6 nitrogen and oxygen atoms in total. The minimum atomic E-state index is -1.26. The molecule has 3 heterocycles. The Hall–Kier alpha value is -2.64. The summed E-state index contributed by atoms with van der Waals surface area (Å²) >= 11 is 0. The predicted molar refractivity (Wildman–Crippen MR) is 91.2 cm³/mol. The molecule has 0 saturated heterocycles. The largest absolute Gasteiger partial charge is 0.470 e. The molecule has 0 spiro atoms. The third-order valence-electron chi connectivity index (χ3n) is 4.31. The predicted octanol–water partition coefficient (Wildman–Crippen LogP) is 3.72. The molecule has 26 heavy (non-hydrogen) atoms. The van der Waals surface area contributed by atoms with Gasteiger partial charge in [-0.15, -0.1) is 10.2 Å². The monoisotopic (exact) mass is 359 g/mol. The van der Waals surface area contributed by atoms with E-state index in [0.29, 0.717) is 29.1 Å². The molecule has 4 rings (SSSR count). The number of halogens is 2. The second kappa shape index (κ2) is 5.43. The number of hydrogen-bond acceptors (Lipinski definition) is 5. The van der Waals surface area contributed by atoms with Crippen molar-refractivity contribution in [3.63, 3.8) is 0 Å². The van der Waals surface area contributed by atoms with Gasteiger partial charge < -0.3 is 4.74 Å². The maximum absolute atomic E-state index is 14.3. The highest BCUT2D eigenvalue weighted by Gasteiger charge is 2.54. The van der Waals surface area contributed by atoms with Crippen molar-refractivity contribution < 1.29 is 13.5 Å². The fraction of sp³-hybridized carbons (Fsp3) is 0.444. The van der Waals surface area contributed by atoms with Crippen LogP contribution in [0, 0.1) is 5.82 Å². The van der Waals surface area contributed by atoms with Gasteiger partial charge in [0.1, 0.15) is 17.1 Å². The lowest BCUT2D eigenvalue weighted by Gasteiger charge is -2.20. The van der Waals surface area contributed by atoms with E-state index in [0.717, 1.165) is 0 Å². The van der Waals surface area contributed by atoms with Gasteiger partial charge in [0.25, 0.3) is 5.88 Å². The van der Waals surface area contributed by atoms with Gasteiger partial charge in [-0.2, -0.15) is 0 Å². The van der Waals surface area contributed by atoms with Crippen LogP contribution < -0.4 is 4.74 Å². The Kier molecular flexibility index (Phi) is 3.51. The Labute approximate surface area is 149 Å². The van der Waals surface area contributed by atoms with Gasteiger partial charge in [-0.25, -0.2) is 13.8 Å². The molecule has 8 heteroatoms. The number of rotatable bonds is 3. The fourth-order valence-electron chi connectivity index (χ4n) is 2.84. The SMILES string of the molecule is CC(C)(C)Oc1ncc(-c2cn3c(C4CC4(C)F)nnc3cn2)cc1F. The van der Waals surface area contributed by atoms with Gasteiger partial charge in [-0.1, -0.05) is 0 Å². The first-order valence-corrected chi connectivity index (χ1v) is 8.38. The first kappa shape index (κ1) is 16.8. The summed E-state index contributed by atoms with van der Waals surface area (Å²) in [5.41, 5.74) is -0.302. The van der Waals surface area contributed by atoms with Crippen LogP contribution in [0.3, 0.4) is 0 Å². The average Bonchev–Trinajstić information content (AvgIpc) is 3.00. The normalized spacial score (nSPS) is 22.6. The molecule has 0 aromatic carbocycles. The molecule has 2 atom stereocenters. The molecule has 136 valence electrons. The van der Waals surface area contributed by atoms with Gasteiger partial charge in [-0.05, 0) is 40.2 Å². The van der Waals surface area contributed by atoms with Crippen molar-refractivity contribution in [3.8, 4) is 17.1 Å². The van der Waals surface area contributed by atoms with Crippen molar-refractivity contribution in [1.82, 2.24) is 24.6 Å². The third-order valence-corrected chi connectivity index (χ3v) is 4.31. The highest BCUT2D eigenvalue weighted by molar-refractivity contribution is 5.59. The van der Waals surface area contributed by atoms with Crippen LogP contribution in [0.25, 0.3) is 16.9 Å². The number of hydrogen-bond donors (Lipinski definition) is 0. The smallest absolute Gasteiger partial charge is 0.250 e. The van der Waals surface area contributed by atoms with E-state index in [1.807, 2.05) is 20.8 Å². The minimum Gasteiger partial charge on any atom is -0.470 e. The van der Waals surface area contributed by atoms with E-state index in [1.54, 1.807) is 17.5 Å².